The highest BCUT2D eigenvalue weighted by molar-refractivity contribution is 7.89. The van der Waals surface area contributed by atoms with E-state index in [0.717, 1.165) is 11.5 Å². The van der Waals surface area contributed by atoms with E-state index >= 15 is 0 Å². The molecule has 1 N–H and O–H groups in total. The summed E-state index contributed by atoms with van der Waals surface area (Å²) in [6, 6.07) is 3.10. The maximum atomic E-state index is 12.7. The van der Waals surface area contributed by atoms with Crippen molar-refractivity contribution in [3.63, 3.8) is 0 Å². The van der Waals surface area contributed by atoms with Gasteiger partial charge in [0.25, 0.3) is 15.6 Å². The van der Waals surface area contributed by atoms with Crippen LogP contribution in [0.2, 0.25) is 0 Å². The molecule has 0 spiro atoms. The zero-order valence-corrected chi connectivity index (χ0v) is 17.0. The van der Waals surface area contributed by atoms with Gasteiger partial charge in [-0.1, -0.05) is 13.8 Å². The zero-order chi connectivity index (χ0) is 19.8. The van der Waals surface area contributed by atoms with E-state index < -0.39 is 10.0 Å². The number of nitrogens with zero attached hydrogens (tertiary/aromatic N) is 4. The number of rotatable bonds is 5. The number of imidazole rings is 1. The molecule has 0 saturated heterocycles. The Morgan fingerprint density at radius 2 is 1.85 bits per heavy atom. The molecule has 0 radical (unpaired) electrons. The van der Waals surface area contributed by atoms with Crippen LogP contribution in [0, 0.1) is 6.92 Å². The molecule has 2 aromatic rings. The fourth-order valence-corrected chi connectivity index (χ4v) is 4.92. The van der Waals surface area contributed by atoms with Gasteiger partial charge in [-0.25, -0.2) is 22.8 Å². The number of hydrogen-bond donors (Lipinski definition) is 1. The van der Waals surface area contributed by atoms with Gasteiger partial charge in [0.1, 0.15) is 5.82 Å². The van der Waals surface area contributed by atoms with Crippen molar-refractivity contribution in [2.24, 2.45) is 7.05 Å². The monoisotopic (exact) mass is 393 g/mol. The maximum Gasteiger partial charge on any atom is 0.267 e. The average molecular weight is 394 g/mol. The first kappa shape index (κ1) is 19.8. The van der Waals surface area contributed by atoms with E-state index in [1.54, 1.807) is 23.9 Å². The Morgan fingerprint density at radius 3 is 2.44 bits per heavy atom. The van der Waals surface area contributed by atoms with E-state index in [1.165, 1.54) is 10.7 Å². The van der Waals surface area contributed by atoms with Crippen molar-refractivity contribution in [3.8, 4) is 0 Å². The average Bonchev–Trinajstić information content (AvgIpc) is 3.01. The number of sulfonamides is 1. The van der Waals surface area contributed by atoms with Crippen LogP contribution in [0.15, 0.2) is 28.2 Å². The summed E-state index contributed by atoms with van der Waals surface area (Å²) in [6.45, 7) is 5.82. The first-order chi connectivity index (χ1) is 12.7. The summed E-state index contributed by atoms with van der Waals surface area (Å²) in [5.74, 6) is 0.888. The third kappa shape index (κ3) is 4.30. The van der Waals surface area contributed by atoms with Crippen LogP contribution in [0.1, 0.15) is 63.0 Å². The second-order valence-corrected chi connectivity index (χ2v) is 9.25. The standard InChI is InChI=1S/C18H27N5O3S/c1-12(2)18-19-16(11-22(18)4)27(25,26)21-14-6-8-15(9-7-14)23-17(24)10-5-13(3)20-23/h5,10-12,14-15,21H,6-9H2,1-4H3. The van der Waals surface area contributed by atoms with Crippen LogP contribution in [-0.4, -0.2) is 33.8 Å². The lowest BCUT2D eigenvalue weighted by Crippen LogP contribution is -2.39. The SMILES string of the molecule is Cc1ccc(=O)n(C2CCC(NS(=O)(=O)c3cn(C)c(C(C)C)n3)CC2)n1. The molecule has 0 bridgehead atoms. The number of hydrogen-bond acceptors (Lipinski definition) is 5. The number of aromatic nitrogens is 4. The summed E-state index contributed by atoms with van der Waals surface area (Å²) < 4.78 is 31.4. The van der Waals surface area contributed by atoms with Gasteiger partial charge in [0, 0.05) is 31.3 Å². The Labute approximate surface area is 159 Å². The van der Waals surface area contributed by atoms with E-state index in [-0.39, 0.29) is 28.6 Å². The van der Waals surface area contributed by atoms with Gasteiger partial charge in [-0.15, -0.1) is 0 Å². The van der Waals surface area contributed by atoms with Gasteiger partial charge in [-0.05, 0) is 38.7 Å². The van der Waals surface area contributed by atoms with Gasteiger partial charge in [-0.2, -0.15) is 5.10 Å². The quantitative estimate of drug-likeness (QED) is 0.836. The summed E-state index contributed by atoms with van der Waals surface area (Å²) in [5.41, 5.74) is 0.688. The lowest BCUT2D eigenvalue weighted by molar-refractivity contribution is 0.284. The minimum absolute atomic E-state index is 0.0144. The van der Waals surface area contributed by atoms with Crippen molar-refractivity contribution in [1.82, 2.24) is 24.1 Å². The third-order valence-corrected chi connectivity index (χ3v) is 6.40. The van der Waals surface area contributed by atoms with Crippen LogP contribution >= 0.6 is 0 Å². The molecule has 27 heavy (non-hydrogen) atoms. The first-order valence-corrected chi connectivity index (χ1v) is 10.8. The molecule has 1 fully saturated rings. The number of nitrogens with one attached hydrogen (secondary N) is 1. The van der Waals surface area contributed by atoms with Crippen molar-refractivity contribution in [2.45, 2.75) is 69.5 Å². The second kappa shape index (κ2) is 7.55. The van der Waals surface area contributed by atoms with Gasteiger partial charge < -0.3 is 4.57 Å². The van der Waals surface area contributed by atoms with Gasteiger partial charge in [0.05, 0.1) is 11.7 Å². The molecular weight excluding hydrogens is 366 g/mol. The van der Waals surface area contributed by atoms with Crippen LogP contribution < -0.4 is 10.3 Å². The molecule has 3 rings (SSSR count). The molecular formula is C18H27N5O3S. The molecule has 0 amide bonds. The fourth-order valence-electron chi connectivity index (χ4n) is 3.62. The van der Waals surface area contributed by atoms with Crippen molar-refractivity contribution < 1.29 is 8.42 Å². The first-order valence-electron chi connectivity index (χ1n) is 9.29. The largest absolute Gasteiger partial charge is 0.336 e. The minimum Gasteiger partial charge on any atom is -0.336 e. The Bertz CT molecular complexity index is 969. The molecule has 1 saturated carbocycles. The third-order valence-electron chi connectivity index (χ3n) is 5.00. The van der Waals surface area contributed by atoms with E-state index in [0.29, 0.717) is 25.7 Å². The van der Waals surface area contributed by atoms with Crippen molar-refractivity contribution in [1.29, 1.82) is 0 Å². The van der Waals surface area contributed by atoms with Gasteiger partial charge in [0.2, 0.25) is 0 Å². The van der Waals surface area contributed by atoms with Crippen LogP contribution in [0.25, 0.3) is 0 Å². The molecule has 9 heteroatoms. The predicted octanol–water partition coefficient (Wildman–Crippen LogP) is 1.87. The van der Waals surface area contributed by atoms with Gasteiger partial charge in [-0.3, -0.25) is 4.79 Å². The predicted molar refractivity (Wildman–Crippen MR) is 102 cm³/mol. The molecule has 0 unspecified atom stereocenters. The Kier molecular flexibility index (Phi) is 5.53. The summed E-state index contributed by atoms with van der Waals surface area (Å²) in [4.78, 5) is 16.3. The molecule has 2 heterocycles. The fraction of sp³-hybridized carbons (Fsp3) is 0.611. The molecule has 8 nitrogen and oxygen atoms in total. The molecule has 0 aliphatic heterocycles. The van der Waals surface area contributed by atoms with Crippen molar-refractivity contribution in [2.75, 3.05) is 0 Å². The number of aryl methyl sites for hydroxylation is 2. The summed E-state index contributed by atoms with van der Waals surface area (Å²) in [6.07, 6.45) is 4.30. The lowest BCUT2D eigenvalue weighted by atomic mass is 9.92. The summed E-state index contributed by atoms with van der Waals surface area (Å²) in [5, 5.41) is 4.39. The summed E-state index contributed by atoms with van der Waals surface area (Å²) in [7, 11) is -1.85. The Morgan fingerprint density at radius 1 is 1.19 bits per heavy atom. The lowest BCUT2D eigenvalue weighted by Gasteiger charge is -2.29. The van der Waals surface area contributed by atoms with Gasteiger partial charge >= 0.3 is 0 Å². The van der Waals surface area contributed by atoms with E-state index in [9.17, 15) is 13.2 Å². The van der Waals surface area contributed by atoms with Gasteiger partial charge in [0.15, 0.2) is 5.03 Å². The minimum atomic E-state index is -3.66. The summed E-state index contributed by atoms with van der Waals surface area (Å²) >= 11 is 0. The van der Waals surface area contributed by atoms with E-state index in [4.69, 9.17) is 0 Å². The maximum absolute atomic E-state index is 12.7. The van der Waals surface area contributed by atoms with Crippen molar-refractivity contribution in [3.05, 3.63) is 40.2 Å². The molecule has 1 aliphatic carbocycles. The van der Waals surface area contributed by atoms with Crippen molar-refractivity contribution >= 4 is 10.0 Å². The molecule has 2 aromatic heterocycles. The smallest absolute Gasteiger partial charge is 0.267 e. The van der Waals surface area contributed by atoms with Crippen LogP contribution in [0.3, 0.4) is 0 Å². The van der Waals surface area contributed by atoms with E-state index in [2.05, 4.69) is 14.8 Å². The zero-order valence-electron chi connectivity index (χ0n) is 16.2. The molecule has 148 valence electrons. The highest BCUT2D eigenvalue weighted by atomic mass is 32.2. The second-order valence-electron chi connectivity index (χ2n) is 7.59. The Balaban J connectivity index is 1.67. The normalized spacial score (nSPS) is 20.9. The Hall–Kier alpha value is -2.00. The topological polar surface area (TPSA) is 98.9 Å². The molecule has 1 aliphatic rings. The molecule has 0 atom stereocenters. The van der Waals surface area contributed by atoms with Crippen LogP contribution in [0.4, 0.5) is 0 Å². The molecule has 0 aromatic carbocycles. The van der Waals surface area contributed by atoms with Crippen LogP contribution in [-0.2, 0) is 17.1 Å². The van der Waals surface area contributed by atoms with E-state index in [1.807, 2.05) is 20.8 Å². The van der Waals surface area contributed by atoms with Crippen LogP contribution in [0.5, 0.6) is 0 Å². The highest BCUT2D eigenvalue weighted by Crippen LogP contribution is 2.28. The highest BCUT2D eigenvalue weighted by Gasteiger charge is 2.29.